The molecule has 2 aromatic rings. The van der Waals surface area contributed by atoms with Gasteiger partial charge in [0.25, 0.3) is 0 Å². The normalized spacial score (nSPS) is 19.6. The molecule has 2 aromatic heterocycles. The number of fused-ring (bicyclic) bond motifs is 2. The molecule has 0 saturated carbocycles. The average Bonchev–Trinajstić information content (AvgIpc) is 3.38. The third-order valence-electron chi connectivity index (χ3n) is 7.46. The second-order valence-electron chi connectivity index (χ2n) is 9.67. The fraction of sp³-hybridized carbons (Fsp3) is 0.708. The summed E-state index contributed by atoms with van der Waals surface area (Å²) < 4.78 is 9.37. The molecule has 2 bridgehead atoms. The number of nitrogens with one attached hydrogen (secondary N) is 1. The number of carbonyl (C=O) groups excluding carboxylic acids is 2. The Kier molecular flexibility index (Phi) is 7.65. The number of aryl methyl sites for hydroxylation is 3. The number of nitrogens with zero attached hydrogens (tertiary/aromatic N) is 6. The molecule has 1 saturated heterocycles. The van der Waals surface area contributed by atoms with E-state index in [0.717, 1.165) is 48.5 Å². The first kappa shape index (κ1) is 24.4. The number of amides is 2. The third-order valence-corrected chi connectivity index (χ3v) is 7.46. The van der Waals surface area contributed by atoms with Crippen molar-refractivity contribution >= 4 is 11.8 Å². The van der Waals surface area contributed by atoms with Crippen molar-refractivity contribution in [2.45, 2.75) is 71.9 Å². The maximum absolute atomic E-state index is 13.2. The number of hydrogen-bond acceptors (Lipinski definition) is 6. The molecule has 4 rings (SSSR count). The zero-order valence-corrected chi connectivity index (χ0v) is 20.7. The maximum Gasteiger partial charge on any atom is 0.226 e. The summed E-state index contributed by atoms with van der Waals surface area (Å²) in [6, 6.07) is 0. The van der Waals surface area contributed by atoms with Gasteiger partial charge in [0.1, 0.15) is 5.69 Å². The number of rotatable bonds is 3. The summed E-state index contributed by atoms with van der Waals surface area (Å²) in [5.74, 6) is 0.257. The number of carbonyl (C=O) groups is 2. The van der Waals surface area contributed by atoms with Gasteiger partial charge in [-0.3, -0.25) is 19.0 Å². The highest BCUT2D eigenvalue weighted by Crippen LogP contribution is 2.37. The SMILES string of the molecule is Cc1nn(C)c(C)c1CCC(=O)N1CCC2(CCCCn3cc(nn3)COCCNC2=O)CC1. The number of likely N-dealkylation sites (tertiary alicyclic amines) is 1. The number of piperidine rings is 1. The lowest BCUT2D eigenvalue weighted by atomic mass is 9.73. The van der Waals surface area contributed by atoms with Crippen molar-refractivity contribution in [3.05, 3.63) is 28.8 Å². The van der Waals surface area contributed by atoms with Crippen LogP contribution < -0.4 is 5.32 Å². The Bertz CT molecular complexity index is 1000. The van der Waals surface area contributed by atoms with Gasteiger partial charge in [-0.15, -0.1) is 5.10 Å². The van der Waals surface area contributed by atoms with E-state index in [1.807, 2.05) is 41.4 Å². The molecule has 2 aliphatic rings. The predicted molar refractivity (Wildman–Crippen MR) is 126 cm³/mol. The smallest absolute Gasteiger partial charge is 0.226 e. The highest BCUT2D eigenvalue weighted by Gasteiger charge is 2.41. The molecular weight excluding hydrogens is 434 g/mol. The van der Waals surface area contributed by atoms with Crippen LogP contribution in [-0.4, -0.2) is 67.7 Å². The van der Waals surface area contributed by atoms with E-state index in [2.05, 4.69) is 20.7 Å². The molecule has 34 heavy (non-hydrogen) atoms. The van der Waals surface area contributed by atoms with E-state index in [9.17, 15) is 9.59 Å². The van der Waals surface area contributed by atoms with E-state index in [4.69, 9.17) is 4.74 Å². The predicted octanol–water partition coefficient (Wildman–Crippen LogP) is 1.69. The van der Waals surface area contributed by atoms with Gasteiger partial charge in [0.15, 0.2) is 0 Å². The minimum absolute atomic E-state index is 0.0961. The molecule has 10 heteroatoms. The minimum Gasteiger partial charge on any atom is -0.373 e. The Morgan fingerprint density at radius 1 is 1.18 bits per heavy atom. The van der Waals surface area contributed by atoms with Gasteiger partial charge in [0, 0.05) is 45.3 Å². The summed E-state index contributed by atoms with van der Waals surface area (Å²) in [5.41, 5.74) is 3.66. The topological polar surface area (TPSA) is 107 Å². The van der Waals surface area contributed by atoms with Crippen LogP contribution in [0.4, 0.5) is 0 Å². The van der Waals surface area contributed by atoms with E-state index in [0.29, 0.717) is 58.5 Å². The van der Waals surface area contributed by atoms with Crippen LogP contribution in [0.1, 0.15) is 61.2 Å². The molecule has 1 fully saturated rings. The Labute approximate surface area is 201 Å². The average molecular weight is 472 g/mol. The minimum atomic E-state index is -0.426. The van der Waals surface area contributed by atoms with Crippen LogP contribution in [-0.2, 0) is 40.9 Å². The van der Waals surface area contributed by atoms with Gasteiger partial charge in [0.05, 0.1) is 30.5 Å². The maximum atomic E-state index is 13.2. The van der Waals surface area contributed by atoms with Gasteiger partial charge < -0.3 is 15.0 Å². The molecule has 0 radical (unpaired) electrons. The second kappa shape index (κ2) is 10.7. The molecular formula is C24H37N7O3. The first-order valence-corrected chi connectivity index (χ1v) is 12.4. The van der Waals surface area contributed by atoms with E-state index in [-0.39, 0.29) is 11.8 Å². The van der Waals surface area contributed by atoms with Crippen LogP contribution in [0.2, 0.25) is 0 Å². The Morgan fingerprint density at radius 3 is 2.71 bits per heavy atom. The molecule has 0 atom stereocenters. The van der Waals surface area contributed by atoms with Crippen LogP contribution >= 0.6 is 0 Å². The van der Waals surface area contributed by atoms with Crippen LogP contribution in [0.3, 0.4) is 0 Å². The molecule has 0 unspecified atom stereocenters. The molecule has 2 aliphatic heterocycles. The van der Waals surface area contributed by atoms with E-state index in [1.165, 1.54) is 0 Å². The summed E-state index contributed by atoms with van der Waals surface area (Å²) in [6.07, 6.45) is 7.20. The lowest BCUT2D eigenvalue weighted by Crippen LogP contribution is -2.50. The van der Waals surface area contributed by atoms with Crippen molar-refractivity contribution in [1.29, 1.82) is 0 Å². The molecule has 4 heterocycles. The summed E-state index contributed by atoms with van der Waals surface area (Å²) >= 11 is 0. The lowest BCUT2D eigenvalue weighted by Gasteiger charge is -2.41. The second-order valence-corrected chi connectivity index (χ2v) is 9.67. The Morgan fingerprint density at radius 2 is 1.97 bits per heavy atom. The van der Waals surface area contributed by atoms with E-state index >= 15 is 0 Å². The largest absolute Gasteiger partial charge is 0.373 e. The van der Waals surface area contributed by atoms with E-state index < -0.39 is 5.41 Å². The Balaban J connectivity index is 1.34. The van der Waals surface area contributed by atoms with Crippen molar-refractivity contribution in [1.82, 2.24) is 35.0 Å². The summed E-state index contributed by atoms with van der Waals surface area (Å²) in [7, 11) is 1.93. The fourth-order valence-corrected chi connectivity index (χ4v) is 5.20. The zero-order chi connectivity index (χ0) is 24.1. The van der Waals surface area contributed by atoms with Crippen molar-refractivity contribution in [2.75, 3.05) is 26.2 Å². The van der Waals surface area contributed by atoms with Crippen LogP contribution in [0.15, 0.2) is 6.20 Å². The van der Waals surface area contributed by atoms with Crippen molar-refractivity contribution in [3.8, 4) is 0 Å². The number of aromatic nitrogens is 5. The highest BCUT2D eigenvalue weighted by molar-refractivity contribution is 5.83. The van der Waals surface area contributed by atoms with Gasteiger partial charge in [-0.25, -0.2) is 0 Å². The van der Waals surface area contributed by atoms with E-state index in [1.54, 1.807) is 0 Å². The van der Waals surface area contributed by atoms with Gasteiger partial charge in [-0.2, -0.15) is 5.10 Å². The third kappa shape index (κ3) is 5.48. The van der Waals surface area contributed by atoms with Crippen molar-refractivity contribution in [2.24, 2.45) is 12.5 Å². The summed E-state index contributed by atoms with van der Waals surface area (Å²) in [4.78, 5) is 28.1. The van der Waals surface area contributed by atoms with Gasteiger partial charge in [-0.1, -0.05) is 11.6 Å². The first-order valence-electron chi connectivity index (χ1n) is 12.4. The molecule has 1 spiro atoms. The standard InChI is InChI=1S/C24H37N7O3/c1-18-21(19(2)29(3)27-18)6-7-22(32)30-13-9-24(10-14-30)8-4-5-12-31-16-20(26-28-31)17-34-15-11-25-23(24)33/h16H,4-15,17H2,1-3H3,(H,25,33). The number of ether oxygens (including phenoxy) is 1. The van der Waals surface area contributed by atoms with Crippen LogP contribution in [0.5, 0.6) is 0 Å². The molecule has 0 aromatic carbocycles. The molecule has 186 valence electrons. The molecule has 2 amide bonds. The van der Waals surface area contributed by atoms with Gasteiger partial charge >= 0.3 is 0 Å². The lowest BCUT2D eigenvalue weighted by molar-refractivity contribution is -0.141. The summed E-state index contributed by atoms with van der Waals surface area (Å²) in [6.45, 7) is 7.38. The Hall–Kier alpha value is -2.75. The van der Waals surface area contributed by atoms with Gasteiger partial charge in [0.2, 0.25) is 11.8 Å². The fourth-order valence-electron chi connectivity index (χ4n) is 5.20. The molecule has 0 aliphatic carbocycles. The highest BCUT2D eigenvalue weighted by atomic mass is 16.5. The van der Waals surface area contributed by atoms with Gasteiger partial charge in [-0.05, 0) is 51.5 Å². The first-order chi connectivity index (χ1) is 16.4. The monoisotopic (exact) mass is 471 g/mol. The molecule has 1 N–H and O–H groups in total. The molecule has 10 nitrogen and oxygen atoms in total. The summed E-state index contributed by atoms with van der Waals surface area (Å²) in [5, 5.41) is 15.8. The van der Waals surface area contributed by atoms with Crippen LogP contribution in [0, 0.1) is 19.3 Å². The zero-order valence-electron chi connectivity index (χ0n) is 20.7. The van der Waals surface area contributed by atoms with Crippen molar-refractivity contribution in [3.63, 3.8) is 0 Å². The number of hydrogen-bond donors (Lipinski definition) is 1. The van der Waals surface area contributed by atoms with Crippen LogP contribution in [0.25, 0.3) is 0 Å². The quantitative estimate of drug-likeness (QED) is 0.730. The van der Waals surface area contributed by atoms with Crippen molar-refractivity contribution < 1.29 is 14.3 Å².